The van der Waals surface area contributed by atoms with Gasteiger partial charge in [0.25, 0.3) is 0 Å². The van der Waals surface area contributed by atoms with Gasteiger partial charge in [-0.3, -0.25) is 14.9 Å². The molecule has 0 bridgehead atoms. The lowest BCUT2D eigenvalue weighted by atomic mass is 9.94. The molecule has 2 aliphatic rings. The summed E-state index contributed by atoms with van der Waals surface area (Å²) in [6.45, 7) is 5.18. The normalized spacial score (nSPS) is 19.8. The number of likely N-dealkylation sites (N-methyl/N-ethyl adjacent to an activating group) is 1. The Labute approximate surface area is 164 Å². The van der Waals surface area contributed by atoms with Crippen molar-refractivity contribution in [2.24, 2.45) is 4.99 Å². The largest absolute Gasteiger partial charge is 0.441 e. The molecule has 27 heavy (non-hydrogen) atoms. The van der Waals surface area contributed by atoms with E-state index in [2.05, 4.69) is 46.0 Å². The summed E-state index contributed by atoms with van der Waals surface area (Å²) in [5.41, 5.74) is 5.34. The molecule has 0 amide bonds. The van der Waals surface area contributed by atoms with Crippen LogP contribution in [0.25, 0.3) is 11.5 Å². The smallest absolute Gasteiger partial charge is 0.228 e. The fourth-order valence-electron chi connectivity index (χ4n) is 3.44. The van der Waals surface area contributed by atoms with Crippen LogP contribution in [0.3, 0.4) is 0 Å². The van der Waals surface area contributed by atoms with Crippen molar-refractivity contribution in [1.82, 2.24) is 14.9 Å². The highest BCUT2D eigenvalue weighted by molar-refractivity contribution is 8.15. The summed E-state index contributed by atoms with van der Waals surface area (Å²) in [6, 6.07) is 4.59. The van der Waals surface area contributed by atoms with Gasteiger partial charge in [0.2, 0.25) is 5.89 Å². The summed E-state index contributed by atoms with van der Waals surface area (Å²) in [5.74, 6) is 1.53. The Morgan fingerprint density at radius 3 is 3.07 bits per heavy atom. The van der Waals surface area contributed by atoms with E-state index in [9.17, 15) is 0 Å². The number of nitrogens with zero attached hydrogens (tertiary/aromatic N) is 4. The fourth-order valence-corrected chi connectivity index (χ4v) is 4.22. The first-order valence-corrected chi connectivity index (χ1v) is 10.2. The monoisotopic (exact) mass is 380 g/mol. The molecule has 6 heteroatoms. The minimum atomic E-state index is 0.339. The molecule has 0 fully saturated rings. The van der Waals surface area contributed by atoms with E-state index in [1.54, 1.807) is 24.2 Å². The molecule has 0 N–H and O–H groups in total. The average molecular weight is 381 g/mol. The molecule has 2 atom stereocenters. The summed E-state index contributed by atoms with van der Waals surface area (Å²) in [5, 5.41) is 0. The second-order valence-corrected chi connectivity index (χ2v) is 7.99. The van der Waals surface area contributed by atoms with Crippen LogP contribution >= 0.6 is 11.8 Å². The number of hydrogen-bond donors (Lipinski definition) is 0. The van der Waals surface area contributed by atoms with Gasteiger partial charge in [-0.1, -0.05) is 29.5 Å². The third-order valence-corrected chi connectivity index (χ3v) is 6.26. The highest BCUT2D eigenvalue weighted by Gasteiger charge is 2.26. The van der Waals surface area contributed by atoms with Crippen LogP contribution in [-0.2, 0) is 6.42 Å². The zero-order valence-electron chi connectivity index (χ0n) is 15.9. The number of pyridine rings is 1. The van der Waals surface area contributed by atoms with E-state index in [1.807, 2.05) is 24.6 Å². The van der Waals surface area contributed by atoms with Crippen LogP contribution in [0.15, 0.2) is 56.6 Å². The van der Waals surface area contributed by atoms with Crippen molar-refractivity contribution < 1.29 is 4.42 Å². The van der Waals surface area contributed by atoms with Crippen molar-refractivity contribution in [3.63, 3.8) is 0 Å². The maximum atomic E-state index is 5.85. The molecule has 0 aromatic carbocycles. The van der Waals surface area contributed by atoms with Crippen molar-refractivity contribution in [3.05, 3.63) is 58.6 Å². The van der Waals surface area contributed by atoms with Gasteiger partial charge in [0.1, 0.15) is 5.76 Å². The van der Waals surface area contributed by atoms with E-state index in [-0.39, 0.29) is 0 Å². The van der Waals surface area contributed by atoms with Gasteiger partial charge in [-0.05, 0) is 39.4 Å². The van der Waals surface area contributed by atoms with Gasteiger partial charge in [-0.25, -0.2) is 4.98 Å². The van der Waals surface area contributed by atoms with Gasteiger partial charge >= 0.3 is 0 Å². The predicted octanol–water partition coefficient (Wildman–Crippen LogP) is 4.27. The minimum absolute atomic E-state index is 0.339. The quantitative estimate of drug-likeness (QED) is 0.749. The number of thioether (sulfide) groups is 1. The molecule has 0 spiro atoms. The molecule has 140 valence electrons. The van der Waals surface area contributed by atoms with Crippen LogP contribution in [0, 0.1) is 6.92 Å². The minimum Gasteiger partial charge on any atom is -0.441 e. The number of rotatable bonds is 6. The van der Waals surface area contributed by atoms with Gasteiger partial charge in [-0.2, -0.15) is 0 Å². The molecule has 0 radical (unpaired) electrons. The van der Waals surface area contributed by atoms with E-state index in [1.165, 1.54) is 10.5 Å². The second kappa shape index (κ2) is 7.82. The summed E-state index contributed by atoms with van der Waals surface area (Å²) in [4.78, 5) is 17.2. The summed E-state index contributed by atoms with van der Waals surface area (Å²) >= 11 is 1.75. The first kappa shape index (κ1) is 18.2. The van der Waals surface area contributed by atoms with Crippen LogP contribution < -0.4 is 0 Å². The molecule has 0 saturated carbocycles. The Kier molecular flexibility index (Phi) is 5.27. The first-order valence-electron chi connectivity index (χ1n) is 9.27. The summed E-state index contributed by atoms with van der Waals surface area (Å²) in [7, 11) is 2.18. The van der Waals surface area contributed by atoms with E-state index >= 15 is 0 Å². The lowest BCUT2D eigenvalue weighted by molar-refractivity contribution is 0.283. The Balaban J connectivity index is 1.39. The number of allylic oxidation sites excluding steroid dienone is 2. The molecule has 2 aromatic heterocycles. The van der Waals surface area contributed by atoms with Crippen molar-refractivity contribution >= 4 is 17.3 Å². The third-order valence-electron chi connectivity index (χ3n) is 5.35. The molecular weight excluding hydrogens is 356 g/mol. The lowest BCUT2D eigenvalue weighted by Crippen LogP contribution is -2.34. The number of aliphatic imine (C=N–C) groups is 1. The van der Waals surface area contributed by atoms with E-state index in [0.717, 1.165) is 36.4 Å². The van der Waals surface area contributed by atoms with Crippen LogP contribution in [0.2, 0.25) is 0 Å². The van der Waals surface area contributed by atoms with Gasteiger partial charge in [0, 0.05) is 36.3 Å². The second-order valence-electron chi connectivity index (χ2n) is 7.07. The molecule has 2 unspecified atom stereocenters. The lowest BCUT2D eigenvalue weighted by Gasteiger charge is -2.29. The fraction of sp³-hybridized carbons (Fsp3) is 0.381. The molecule has 1 aliphatic carbocycles. The number of aromatic nitrogens is 2. The van der Waals surface area contributed by atoms with E-state index in [4.69, 9.17) is 4.42 Å². The molecular formula is C21H24N4OS. The SMILES string of the molecule is Cc1oc(-c2cccnc2)nc1CCN(C)C(C)C1=CC=C2SC=NC2C1. The summed E-state index contributed by atoms with van der Waals surface area (Å²) < 4.78 is 5.85. The van der Waals surface area contributed by atoms with E-state index in [0.29, 0.717) is 18.0 Å². The van der Waals surface area contributed by atoms with Crippen molar-refractivity contribution in [2.45, 2.75) is 38.8 Å². The zero-order chi connectivity index (χ0) is 18.8. The predicted molar refractivity (Wildman–Crippen MR) is 111 cm³/mol. The maximum Gasteiger partial charge on any atom is 0.228 e. The Morgan fingerprint density at radius 2 is 2.26 bits per heavy atom. The molecule has 5 nitrogen and oxygen atoms in total. The topological polar surface area (TPSA) is 54.5 Å². The highest BCUT2D eigenvalue weighted by atomic mass is 32.2. The Morgan fingerprint density at radius 1 is 1.37 bits per heavy atom. The van der Waals surface area contributed by atoms with Gasteiger partial charge in [-0.15, -0.1) is 0 Å². The Bertz CT molecular complexity index is 900. The first-order chi connectivity index (χ1) is 13.1. The van der Waals surface area contributed by atoms with E-state index < -0.39 is 0 Å². The molecule has 0 saturated heterocycles. The van der Waals surface area contributed by atoms with Gasteiger partial charge < -0.3 is 4.42 Å². The molecule has 4 rings (SSSR count). The standard InChI is InChI=1S/C21H24N4OS/c1-14(16-6-7-20-19(11-16)23-13-27-20)25(3)10-8-18-15(2)26-21(24-18)17-5-4-9-22-12-17/h4-7,9,12-14,19H,8,10-11H2,1-3H3. The average Bonchev–Trinajstić information content (AvgIpc) is 3.32. The van der Waals surface area contributed by atoms with Crippen molar-refractivity contribution in [2.75, 3.05) is 13.6 Å². The molecule has 3 heterocycles. The number of oxazole rings is 1. The third kappa shape index (κ3) is 3.92. The highest BCUT2D eigenvalue weighted by Crippen LogP contribution is 2.35. The maximum absolute atomic E-state index is 5.85. The molecule has 2 aromatic rings. The van der Waals surface area contributed by atoms with Crippen LogP contribution in [-0.4, -0.2) is 46.1 Å². The van der Waals surface area contributed by atoms with Crippen molar-refractivity contribution in [3.8, 4) is 11.5 Å². The van der Waals surface area contributed by atoms with Crippen LogP contribution in [0.4, 0.5) is 0 Å². The van der Waals surface area contributed by atoms with Crippen LogP contribution in [0.1, 0.15) is 24.8 Å². The number of fused-ring (bicyclic) bond motifs is 1. The van der Waals surface area contributed by atoms with Gasteiger partial charge in [0.15, 0.2) is 0 Å². The van der Waals surface area contributed by atoms with Crippen molar-refractivity contribution in [1.29, 1.82) is 0 Å². The number of hydrogen-bond acceptors (Lipinski definition) is 6. The van der Waals surface area contributed by atoms with Gasteiger partial charge in [0.05, 0.1) is 22.8 Å². The Hall–Kier alpha value is -2.18. The van der Waals surface area contributed by atoms with Crippen LogP contribution in [0.5, 0.6) is 0 Å². The summed E-state index contributed by atoms with van der Waals surface area (Å²) in [6.07, 6.45) is 9.93. The zero-order valence-corrected chi connectivity index (χ0v) is 16.7. The molecule has 1 aliphatic heterocycles. The number of aryl methyl sites for hydroxylation is 1.